The van der Waals surface area contributed by atoms with Gasteiger partial charge in [0.05, 0.1) is 5.56 Å². The molecule has 3 rings (SSSR count). The molecule has 0 aliphatic carbocycles. The monoisotopic (exact) mass is 453 g/mol. The number of hydrogen-bond donors (Lipinski definition) is 1. The predicted molar refractivity (Wildman–Crippen MR) is 93.8 cm³/mol. The molecule has 1 N–H and O–H groups in total. The van der Waals surface area contributed by atoms with Crippen LogP contribution in [0.4, 0.5) is 30.7 Å². The molecule has 2 heterocycles. The average Bonchev–Trinajstić information content (AvgIpc) is 3.15. The molecule has 12 heteroatoms. The first-order valence-corrected chi connectivity index (χ1v) is 9.23. The third-order valence-corrected chi connectivity index (χ3v) is 5.34. The van der Waals surface area contributed by atoms with Gasteiger partial charge in [0.15, 0.2) is 0 Å². The van der Waals surface area contributed by atoms with E-state index in [1.54, 1.807) is 0 Å². The Kier molecular flexibility index (Phi) is 5.80. The van der Waals surface area contributed by atoms with Gasteiger partial charge in [-0.25, -0.2) is 9.07 Å². The number of carbonyl (C=O) groups is 1. The summed E-state index contributed by atoms with van der Waals surface area (Å²) >= 11 is 0. The lowest BCUT2D eigenvalue weighted by molar-refractivity contribution is -0.250. The lowest BCUT2D eigenvalue weighted by Gasteiger charge is -2.36. The maximum Gasteiger partial charge on any atom is 0.426 e. The van der Waals surface area contributed by atoms with Crippen LogP contribution < -0.4 is 0 Å². The number of piperidine rings is 1. The molecule has 0 radical (unpaired) electrons. The van der Waals surface area contributed by atoms with E-state index in [-0.39, 0.29) is 37.5 Å². The van der Waals surface area contributed by atoms with Crippen molar-refractivity contribution in [2.45, 2.75) is 43.6 Å². The topological polar surface area (TPSA) is 58.4 Å². The molecule has 0 spiro atoms. The van der Waals surface area contributed by atoms with E-state index in [9.17, 15) is 40.6 Å². The second kappa shape index (κ2) is 7.81. The van der Waals surface area contributed by atoms with E-state index in [1.807, 2.05) is 0 Å². The van der Waals surface area contributed by atoms with E-state index < -0.39 is 35.2 Å². The molecule has 1 amide bonds. The van der Waals surface area contributed by atoms with Gasteiger partial charge in [-0.3, -0.25) is 4.79 Å². The summed E-state index contributed by atoms with van der Waals surface area (Å²) in [5.74, 6) is -2.92. The van der Waals surface area contributed by atoms with Crippen LogP contribution in [0.15, 0.2) is 30.5 Å². The van der Waals surface area contributed by atoms with Crippen LogP contribution in [0.3, 0.4) is 0 Å². The Morgan fingerprint density at radius 2 is 1.71 bits per heavy atom. The third-order valence-electron chi connectivity index (χ3n) is 5.34. The molecule has 0 bridgehead atoms. The zero-order chi connectivity index (χ0) is 23.2. The molecule has 1 aromatic heterocycles. The zero-order valence-electron chi connectivity index (χ0n) is 16.1. The molecule has 1 aliphatic rings. The largest absolute Gasteiger partial charge is 0.426 e. The van der Waals surface area contributed by atoms with Crippen molar-refractivity contribution in [2.75, 3.05) is 13.1 Å². The van der Waals surface area contributed by atoms with Crippen LogP contribution in [-0.4, -0.2) is 50.6 Å². The summed E-state index contributed by atoms with van der Waals surface area (Å²) in [6.07, 6.45) is -8.09. The number of aromatic nitrogens is 2. The Morgan fingerprint density at radius 1 is 1.10 bits per heavy atom. The van der Waals surface area contributed by atoms with E-state index in [0.717, 1.165) is 21.7 Å². The molecule has 170 valence electrons. The highest BCUT2D eigenvalue weighted by Gasteiger charge is 2.57. The highest BCUT2D eigenvalue weighted by molar-refractivity contribution is 5.85. The summed E-state index contributed by atoms with van der Waals surface area (Å²) in [4.78, 5) is 13.0. The molecule has 1 aliphatic heterocycles. The summed E-state index contributed by atoms with van der Waals surface area (Å²) in [5.41, 5.74) is -4.41. The molecule has 5 nitrogen and oxygen atoms in total. The molecule has 1 aromatic carbocycles. The van der Waals surface area contributed by atoms with E-state index in [1.165, 1.54) is 12.3 Å². The number of amides is 1. The first kappa shape index (κ1) is 23.0. The van der Waals surface area contributed by atoms with Gasteiger partial charge in [-0.05, 0) is 44.0 Å². The van der Waals surface area contributed by atoms with Gasteiger partial charge in [0.25, 0.3) is 5.91 Å². The van der Waals surface area contributed by atoms with E-state index >= 15 is 0 Å². The summed E-state index contributed by atoms with van der Waals surface area (Å²) in [5, 5.41) is 13.5. The molecule has 2 aromatic rings. The molecule has 1 atom stereocenters. The summed E-state index contributed by atoms with van der Waals surface area (Å²) in [6, 6.07) is 3.57. The van der Waals surface area contributed by atoms with Crippen molar-refractivity contribution >= 4 is 5.91 Å². The van der Waals surface area contributed by atoms with E-state index in [4.69, 9.17) is 0 Å². The van der Waals surface area contributed by atoms with E-state index in [0.29, 0.717) is 18.7 Å². The number of benzene rings is 1. The number of aliphatic hydroxyl groups is 1. The Hall–Kier alpha value is -2.63. The van der Waals surface area contributed by atoms with Crippen LogP contribution in [-0.2, 0) is 11.0 Å². The van der Waals surface area contributed by atoms with Crippen molar-refractivity contribution in [1.29, 1.82) is 0 Å². The fraction of sp³-hybridized carbons (Fsp3) is 0.474. The first-order chi connectivity index (χ1) is 14.2. The average molecular weight is 453 g/mol. The molecule has 31 heavy (non-hydrogen) atoms. The highest BCUT2D eigenvalue weighted by atomic mass is 19.4. The van der Waals surface area contributed by atoms with Crippen molar-refractivity contribution in [3.63, 3.8) is 0 Å². The van der Waals surface area contributed by atoms with Crippen LogP contribution >= 0.6 is 0 Å². The van der Waals surface area contributed by atoms with Gasteiger partial charge in [0, 0.05) is 30.9 Å². The highest BCUT2D eigenvalue weighted by Crippen LogP contribution is 2.36. The third kappa shape index (κ3) is 4.39. The number of rotatable bonds is 3. The van der Waals surface area contributed by atoms with Crippen LogP contribution in [0.25, 0.3) is 5.69 Å². The molecule has 1 saturated heterocycles. The predicted octanol–water partition coefficient (Wildman–Crippen LogP) is 4.05. The van der Waals surface area contributed by atoms with Crippen molar-refractivity contribution in [3.05, 3.63) is 47.5 Å². The summed E-state index contributed by atoms with van der Waals surface area (Å²) in [6.45, 7) is 0.219. The van der Waals surface area contributed by atoms with Gasteiger partial charge in [-0.15, -0.1) is 0 Å². The SMILES string of the molecule is CC(O)(C(=O)N1CCC(c2ccnn2-c2ccc(C(F)(F)F)cc2F)CC1)C(F)(F)F. The minimum absolute atomic E-state index is 0.0869. The molecule has 1 fully saturated rings. The maximum absolute atomic E-state index is 14.4. The lowest BCUT2D eigenvalue weighted by Crippen LogP contribution is -2.57. The fourth-order valence-corrected chi connectivity index (χ4v) is 3.49. The Balaban J connectivity index is 1.77. The second-order valence-corrected chi connectivity index (χ2v) is 7.47. The van der Waals surface area contributed by atoms with Crippen molar-refractivity contribution in [1.82, 2.24) is 14.7 Å². The molecular weight excluding hydrogens is 435 g/mol. The lowest BCUT2D eigenvalue weighted by atomic mass is 9.92. The number of alkyl halides is 6. The Labute approximate surface area is 172 Å². The van der Waals surface area contributed by atoms with Gasteiger partial charge >= 0.3 is 12.4 Å². The first-order valence-electron chi connectivity index (χ1n) is 9.23. The fourth-order valence-electron chi connectivity index (χ4n) is 3.49. The number of nitrogens with zero attached hydrogens (tertiary/aromatic N) is 3. The quantitative estimate of drug-likeness (QED) is 0.714. The summed E-state index contributed by atoms with van der Waals surface area (Å²) in [7, 11) is 0. The normalized spacial score (nSPS) is 18.2. The Morgan fingerprint density at radius 3 is 2.23 bits per heavy atom. The van der Waals surface area contributed by atoms with E-state index in [2.05, 4.69) is 5.10 Å². The summed E-state index contributed by atoms with van der Waals surface area (Å²) < 4.78 is 92.5. The van der Waals surface area contributed by atoms with Gasteiger partial charge in [0.2, 0.25) is 5.60 Å². The van der Waals surface area contributed by atoms with Crippen molar-refractivity contribution in [3.8, 4) is 5.69 Å². The van der Waals surface area contributed by atoms with Crippen LogP contribution in [0.2, 0.25) is 0 Å². The standard InChI is InChI=1S/C19H18F7N3O2/c1-17(31,19(24,25)26)16(30)28-8-5-11(6-9-28)14-4-7-27-29(14)15-3-2-12(10-13(15)20)18(21,22)23/h2-4,7,10-11,31H,5-6,8-9H2,1H3. The zero-order valence-corrected chi connectivity index (χ0v) is 16.1. The second-order valence-electron chi connectivity index (χ2n) is 7.47. The minimum atomic E-state index is -5.13. The van der Waals surface area contributed by atoms with Gasteiger partial charge in [-0.1, -0.05) is 0 Å². The maximum atomic E-state index is 14.4. The minimum Gasteiger partial charge on any atom is -0.373 e. The van der Waals surface area contributed by atoms with Crippen LogP contribution in [0.5, 0.6) is 0 Å². The van der Waals surface area contributed by atoms with Gasteiger partial charge < -0.3 is 10.0 Å². The number of likely N-dealkylation sites (tertiary alicyclic amines) is 1. The molecule has 1 unspecified atom stereocenters. The molecule has 0 saturated carbocycles. The van der Waals surface area contributed by atoms with Gasteiger partial charge in [-0.2, -0.15) is 31.4 Å². The number of hydrogen-bond acceptors (Lipinski definition) is 3. The van der Waals surface area contributed by atoms with Crippen LogP contribution in [0, 0.1) is 5.82 Å². The molecular formula is C19H18F7N3O2. The Bertz CT molecular complexity index is 958. The number of halogens is 7. The van der Waals surface area contributed by atoms with Crippen molar-refractivity contribution < 1.29 is 40.6 Å². The van der Waals surface area contributed by atoms with Gasteiger partial charge in [0.1, 0.15) is 11.5 Å². The smallest absolute Gasteiger partial charge is 0.373 e. The number of carbonyl (C=O) groups excluding carboxylic acids is 1. The van der Waals surface area contributed by atoms with Crippen LogP contribution in [0.1, 0.15) is 36.9 Å². The van der Waals surface area contributed by atoms with Crippen molar-refractivity contribution in [2.24, 2.45) is 0 Å².